The highest BCUT2D eigenvalue weighted by Gasteiger charge is 2.08. The van der Waals surface area contributed by atoms with Crippen LogP contribution in [0.3, 0.4) is 0 Å². The van der Waals surface area contributed by atoms with Crippen LogP contribution in [-0.2, 0) is 19.3 Å². The summed E-state index contributed by atoms with van der Waals surface area (Å²) in [4.78, 5) is 0. The van der Waals surface area contributed by atoms with Crippen LogP contribution < -0.4 is 0 Å². The van der Waals surface area contributed by atoms with E-state index in [0.29, 0.717) is 23.8 Å². The van der Waals surface area contributed by atoms with E-state index in [1.54, 1.807) is 12.1 Å². The SMILES string of the molecule is CCCCCc1ccc(C#Cc2ccc3c(F)c(CCc4ccc(F)cc4)ccc3c2)cc1. The van der Waals surface area contributed by atoms with Gasteiger partial charge in [-0.1, -0.05) is 74.1 Å². The molecule has 0 heterocycles. The van der Waals surface area contributed by atoms with Gasteiger partial charge in [0.2, 0.25) is 0 Å². The number of halogens is 2. The van der Waals surface area contributed by atoms with E-state index in [4.69, 9.17) is 0 Å². The molecule has 0 spiro atoms. The fourth-order valence-electron chi connectivity index (χ4n) is 4.02. The molecule has 0 unspecified atom stereocenters. The average Bonchev–Trinajstić information content (AvgIpc) is 2.84. The summed E-state index contributed by atoms with van der Waals surface area (Å²) >= 11 is 0. The van der Waals surface area contributed by atoms with Crippen LogP contribution in [0.5, 0.6) is 0 Å². The van der Waals surface area contributed by atoms with Crippen LogP contribution in [0, 0.1) is 23.5 Å². The molecule has 0 aliphatic carbocycles. The van der Waals surface area contributed by atoms with Crippen molar-refractivity contribution in [3.05, 3.63) is 118 Å². The molecule has 166 valence electrons. The first-order valence-corrected chi connectivity index (χ1v) is 11.7. The molecule has 0 saturated carbocycles. The predicted molar refractivity (Wildman–Crippen MR) is 133 cm³/mol. The molecule has 0 nitrogen and oxygen atoms in total. The van der Waals surface area contributed by atoms with E-state index >= 15 is 4.39 Å². The van der Waals surface area contributed by atoms with E-state index in [1.165, 1.54) is 37.0 Å². The predicted octanol–water partition coefficient (Wildman–Crippen LogP) is 8.04. The maximum atomic E-state index is 15.1. The van der Waals surface area contributed by atoms with Gasteiger partial charge < -0.3 is 0 Å². The van der Waals surface area contributed by atoms with Crippen molar-refractivity contribution in [2.75, 3.05) is 0 Å². The van der Waals surface area contributed by atoms with E-state index in [2.05, 4.69) is 43.0 Å². The highest BCUT2D eigenvalue weighted by Crippen LogP contribution is 2.23. The average molecular weight is 439 g/mol. The molecule has 4 aromatic carbocycles. The number of aryl methyl sites for hydroxylation is 3. The van der Waals surface area contributed by atoms with Gasteiger partial charge in [0.15, 0.2) is 0 Å². The highest BCUT2D eigenvalue weighted by molar-refractivity contribution is 5.85. The maximum Gasteiger partial charge on any atom is 0.134 e. The lowest BCUT2D eigenvalue weighted by Crippen LogP contribution is -1.96. The van der Waals surface area contributed by atoms with Crippen molar-refractivity contribution in [2.45, 2.75) is 45.4 Å². The van der Waals surface area contributed by atoms with E-state index in [1.807, 2.05) is 30.3 Å². The van der Waals surface area contributed by atoms with Crippen LogP contribution in [0.2, 0.25) is 0 Å². The standard InChI is InChI=1S/C31H28F2/c1-2-3-4-5-23-6-8-24(9-7-23)10-11-26-15-21-30-28(22-26)18-17-27(31(30)33)16-12-25-13-19-29(32)20-14-25/h6-9,13-15,17-22H,2-5,12,16H2,1H3. The molecule has 2 heteroatoms. The number of hydrogen-bond acceptors (Lipinski definition) is 0. The second kappa shape index (κ2) is 10.9. The number of benzene rings is 4. The third kappa shape index (κ3) is 6.08. The molecule has 0 amide bonds. The zero-order chi connectivity index (χ0) is 23.0. The minimum absolute atomic E-state index is 0.187. The first-order chi connectivity index (χ1) is 16.1. The Morgan fingerprint density at radius 2 is 1.30 bits per heavy atom. The zero-order valence-electron chi connectivity index (χ0n) is 19.0. The lowest BCUT2D eigenvalue weighted by atomic mass is 9.99. The molecule has 0 aliphatic heterocycles. The van der Waals surface area contributed by atoms with Gasteiger partial charge in [-0.15, -0.1) is 0 Å². The summed E-state index contributed by atoms with van der Waals surface area (Å²) in [5.41, 5.74) is 4.87. The van der Waals surface area contributed by atoms with Gasteiger partial charge in [-0.2, -0.15) is 0 Å². The summed E-state index contributed by atoms with van der Waals surface area (Å²) in [5.74, 6) is 5.98. The third-order valence-electron chi connectivity index (χ3n) is 6.00. The van der Waals surface area contributed by atoms with Gasteiger partial charge in [-0.25, -0.2) is 8.78 Å². The quantitative estimate of drug-likeness (QED) is 0.202. The molecule has 33 heavy (non-hydrogen) atoms. The topological polar surface area (TPSA) is 0 Å². The Labute approximate surface area is 195 Å². The second-order valence-electron chi connectivity index (χ2n) is 8.51. The van der Waals surface area contributed by atoms with Gasteiger partial charge in [0.1, 0.15) is 11.6 Å². The van der Waals surface area contributed by atoms with Crippen molar-refractivity contribution >= 4 is 10.8 Å². The summed E-state index contributed by atoms with van der Waals surface area (Å²) in [7, 11) is 0. The normalized spacial score (nSPS) is 10.8. The molecule has 0 N–H and O–H groups in total. The molecule has 0 bridgehead atoms. The Bertz CT molecular complexity index is 1270. The first-order valence-electron chi connectivity index (χ1n) is 11.7. The summed E-state index contributed by atoms with van der Waals surface area (Å²) in [6.45, 7) is 2.22. The van der Waals surface area contributed by atoms with Crippen molar-refractivity contribution in [3.8, 4) is 11.8 Å². The fraction of sp³-hybridized carbons (Fsp3) is 0.226. The Kier molecular flexibility index (Phi) is 7.53. The second-order valence-corrected chi connectivity index (χ2v) is 8.51. The molecular weight excluding hydrogens is 410 g/mol. The summed E-state index contributed by atoms with van der Waals surface area (Å²) in [5, 5.41) is 1.45. The number of rotatable bonds is 7. The van der Waals surface area contributed by atoms with E-state index in [9.17, 15) is 4.39 Å². The molecule has 0 saturated heterocycles. The lowest BCUT2D eigenvalue weighted by molar-refractivity contribution is 0.619. The van der Waals surface area contributed by atoms with Crippen LogP contribution >= 0.6 is 0 Å². The Morgan fingerprint density at radius 1 is 0.636 bits per heavy atom. The molecule has 0 aliphatic rings. The van der Waals surface area contributed by atoms with Crippen LogP contribution in [0.1, 0.15) is 54.0 Å². The van der Waals surface area contributed by atoms with Gasteiger partial charge in [0, 0.05) is 16.5 Å². The van der Waals surface area contributed by atoms with E-state index in [-0.39, 0.29) is 11.6 Å². The van der Waals surface area contributed by atoms with Gasteiger partial charge in [0.25, 0.3) is 0 Å². The third-order valence-corrected chi connectivity index (χ3v) is 6.00. The molecule has 0 atom stereocenters. The number of hydrogen-bond donors (Lipinski definition) is 0. The molecule has 0 fully saturated rings. The molecule has 4 rings (SSSR count). The number of unbranched alkanes of at least 4 members (excludes halogenated alkanes) is 2. The van der Waals surface area contributed by atoms with E-state index < -0.39 is 0 Å². The molecule has 4 aromatic rings. The van der Waals surface area contributed by atoms with Gasteiger partial charge in [0.05, 0.1) is 0 Å². The van der Waals surface area contributed by atoms with Gasteiger partial charge in [-0.05, 0) is 84.2 Å². The largest absolute Gasteiger partial charge is 0.207 e. The molecule has 0 aromatic heterocycles. The maximum absolute atomic E-state index is 15.1. The zero-order valence-corrected chi connectivity index (χ0v) is 19.0. The smallest absolute Gasteiger partial charge is 0.134 e. The van der Waals surface area contributed by atoms with Crippen molar-refractivity contribution in [1.29, 1.82) is 0 Å². The summed E-state index contributed by atoms with van der Waals surface area (Å²) in [6.07, 6.45) is 6.08. The Morgan fingerprint density at radius 3 is 2.06 bits per heavy atom. The van der Waals surface area contributed by atoms with Gasteiger partial charge in [-0.3, -0.25) is 0 Å². The number of fused-ring (bicyclic) bond motifs is 1. The molecule has 0 radical (unpaired) electrons. The minimum atomic E-state index is -0.256. The Hall–Kier alpha value is -3.44. The first kappa shape index (κ1) is 22.7. The molecular formula is C31H28F2. The fourth-order valence-corrected chi connectivity index (χ4v) is 4.02. The van der Waals surface area contributed by atoms with Crippen LogP contribution in [0.25, 0.3) is 10.8 Å². The van der Waals surface area contributed by atoms with Gasteiger partial charge >= 0.3 is 0 Å². The van der Waals surface area contributed by atoms with Crippen LogP contribution in [0.4, 0.5) is 8.78 Å². The minimum Gasteiger partial charge on any atom is -0.207 e. The van der Waals surface area contributed by atoms with Crippen molar-refractivity contribution in [3.63, 3.8) is 0 Å². The Balaban J connectivity index is 1.45. The summed E-state index contributed by atoms with van der Waals surface area (Å²) < 4.78 is 28.1. The van der Waals surface area contributed by atoms with Crippen LogP contribution in [-0.4, -0.2) is 0 Å². The van der Waals surface area contributed by atoms with Crippen LogP contribution in [0.15, 0.2) is 78.9 Å². The van der Waals surface area contributed by atoms with Crippen molar-refractivity contribution in [2.24, 2.45) is 0 Å². The van der Waals surface area contributed by atoms with Crippen molar-refractivity contribution < 1.29 is 8.78 Å². The lowest BCUT2D eigenvalue weighted by Gasteiger charge is -2.08. The monoisotopic (exact) mass is 438 g/mol. The summed E-state index contributed by atoms with van der Waals surface area (Å²) in [6, 6.07) is 24.3. The van der Waals surface area contributed by atoms with Crippen molar-refractivity contribution in [1.82, 2.24) is 0 Å². The van der Waals surface area contributed by atoms with E-state index in [0.717, 1.165) is 28.5 Å². The highest BCUT2D eigenvalue weighted by atomic mass is 19.1.